The fourth-order valence-corrected chi connectivity index (χ4v) is 3.86. The Hall–Kier alpha value is -2.89. The minimum absolute atomic E-state index is 0.0400. The van der Waals surface area contributed by atoms with Gasteiger partial charge in [-0.05, 0) is 64.2 Å². The Labute approximate surface area is 165 Å². The first-order valence-electron chi connectivity index (χ1n) is 9.79. The molecule has 1 aromatic carbocycles. The van der Waals surface area contributed by atoms with Crippen LogP contribution in [0.4, 0.5) is 0 Å². The Balaban J connectivity index is 1.82. The molecule has 1 aliphatic carbocycles. The van der Waals surface area contributed by atoms with Gasteiger partial charge in [0, 0.05) is 22.9 Å². The van der Waals surface area contributed by atoms with Crippen LogP contribution in [0.25, 0.3) is 11.1 Å². The van der Waals surface area contributed by atoms with Crippen LogP contribution >= 0.6 is 0 Å². The monoisotopic (exact) mass is 380 g/mol. The summed E-state index contributed by atoms with van der Waals surface area (Å²) in [6.45, 7) is 5.88. The molecule has 1 aromatic heterocycles. The van der Waals surface area contributed by atoms with Gasteiger partial charge in [0.15, 0.2) is 0 Å². The van der Waals surface area contributed by atoms with Crippen molar-refractivity contribution in [1.29, 1.82) is 0 Å². The molecule has 0 unspecified atom stereocenters. The molecule has 148 valence electrons. The molecule has 1 atom stereocenters. The van der Waals surface area contributed by atoms with Crippen molar-refractivity contribution in [2.75, 3.05) is 0 Å². The van der Waals surface area contributed by atoms with E-state index in [9.17, 15) is 9.59 Å². The first kappa shape index (κ1) is 19.9. The number of carbonyl (C=O) groups is 2. The van der Waals surface area contributed by atoms with E-state index >= 15 is 0 Å². The van der Waals surface area contributed by atoms with Gasteiger partial charge in [-0.2, -0.15) is 5.10 Å². The summed E-state index contributed by atoms with van der Waals surface area (Å²) < 4.78 is 1.61. The summed E-state index contributed by atoms with van der Waals surface area (Å²) in [4.78, 5) is 24.0. The maximum absolute atomic E-state index is 12.8. The van der Waals surface area contributed by atoms with Crippen LogP contribution in [0.1, 0.15) is 54.4 Å². The fourth-order valence-electron chi connectivity index (χ4n) is 3.86. The largest absolute Gasteiger partial charge is 0.368 e. The summed E-state index contributed by atoms with van der Waals surface area (Å²) >= 11 is 0. The van der Waals surface area contributed by atoms with Crippen molar-refractivity contribution in [2.45, 2.75) is 59.0 Å². The zero-order valence-corrected chi connectivity index (χ0v) is 16.8. The highest BCUT2D eigenvalue weighted by Gasteiger charge is 2.18. The van der Waals surface area contributed by atoms with E-state index in [0.717, 1.165) is 35.4 Å². The van der Waals surface area contributed by atoms with E-state index in [1.165, 1.54) is 18.4 Å². The average Bonchev–Trinajstić information content (AvgIpc) is 2.95. The summed E-state index contributed by atoms with van der Waals surface area (Å²) in [5.74, 6) is -0.517. The average molecular weight is 380 g/mol. The molecule has 2 amide bonds. The van der Waals surface area contributed by atoms with Crippen LogP contribution in [0.15, 0.2) is 35.9 Å². The molecule has 0 bridgehead atoms. The number of rotatable bonds is 6. The predicted octanol–water partition coefficient (Wildman–Crippen LogP) is 3.27. The molecule has 0 radical (unpaired) electrons. The molecular weight excluding hydrogens is 352 g/mol. The third-order valence-electron chi connectivity index (χ3n) is 5.33. The fraction of sp³-hybridized carbons (Fsp3) is 0.409. The third kappa shape index (κ3) is 4.32. The molecule has 0 saturated heterocycles. The van der Waals surface area contributed by atoms with Gasteiger partial charge in [0.2, 0.25) is 5.91 Å². The van der Waals surface area contributed by atoms with Crippen molar-refractivity contribution < 1.29 is 9.59 Å². The number of amides is 2. The van der Waals surface area contributed by atoms with Crippen LogP contribution in [0.2, 0.25) is 0 Å². The number of benzene rings is 1. The summed E-state index contributed by atoms with van der Waals surface area (Å²) in [6, 6.07) is 7.56. The number of nitrogens with zero attached hydrogens (tertiary/aromatic N) is 2. The van der Waals surface area contributed by atoms with Crippen LogP contribution in [0.5, 0.6) is 0 Å². The predicted molar refractivity (Wildman–Crippen MR) is 110 cm³/mol. The van der Waals surface area contributed by atoms with Crippen molar-refractivity contribution in [3.8, 4) is 11.1 Å². The van der Waals surface area contributed by atoms with Crippen LogP contribution in [-0.4, -0.2) is 27.6 Å². The Morgan fingerprint density at radius 1 is 1.29 bits per heavy atom. The summed E-state index contributed by atoms with van der Waals surface area (Å²) in [5, 5.41) is 7.53. The number of carbonyl (C=O) groups excluding carboxylic acids is 2. The van der Waals surface area contributed by atoms with Crippen molar-refractivity contribution in [2.24, 2.45) is 5.73 Å². The number of aromatic nitrogens is 2. The number of nitrogens with one attached hydrogen (secondary N) is 1. The molecule has 28 heavy (non-hydrogen) atoms. The Bertz CT molecular complexity index is 927. The molecule has 0 spiro atoms. The van der Waals surface area contributed by atoms with E-state index in [2.05, 4.69) is 16.5 Å². The lowest BCUT2D eigenvalue weighted by Gasteiger charge is -2.21. The minimum atomic E-state index is -0.434. The summed E-state index contributed by atoms with van der Waals surface area (Å²) in [7, 11) is 0. The van der Waals surface area contributed by atoms with Crippen LogP contribution in [0.3, 0.4) is 0 Å². The number of hydrogen-bond acceptors (Lipinski definition) is 3. The molecule has 6 nitrogen and oxygen atoms in total. The van der Waals surface area contributed by atoms with E-state index in [1.807, 2.05) is 45.0 Å². The maximum Gasteiger partial charge on any atom is 0.251 e. The molecule has 0 aliphatic heterocycles. The van der Waals surface area contributed by atoms with E-state index in [0.29, 0.717) is 5.56 Å². The second-order valence-electron chi connectivity index (χ2n) is 7.47. The molecular formula is C22H28N4O2. The van der Waals surface area contributed by atoms with Crippen molar-refractivity contribution >= 4 is 11.8 Å². The zero-order chi connectivity index (χ0) is 20.3. The second kappa shape index (κ2) is 8.42. The lowest BCUT2D eigenvalue weighted by Crippen LogP contribution is -2.34. The highest BCUT2D eigenvalue weighted by Crippen LogP contribution is 2.28. The molecule has 6 heteroatoms. The third-order valence-corrected chi connectivity index (χ3v) is 5.33. The quantitative estimate of drug-likeness (QED) is 0.754. The Morgan fingerprint density at radius 3 is 2.75 bits per heavy atom. The highest BCUT2D eigenvalue weighted by molar-refractivity contribution is 5.96. The van der Waals surface area contributed by atoms with Gasteiger partial charge in [-0.25, -0.2) is 0 Å². The number of allylic oxidation sites excluding steroid dienone is 1. The Kier molecular flexibility index (Phi) is 5.97. The molecule has 2 aromatic rings. The number of hydrogen-bond donors (Lipinski definition) is 2. The number of nitrogens with two attached hydrogens (primary N) is 1. The van der Waals surface area contributed by atoms with E-state index < -0.39 is 5.91 Å². The first-order chi connectivity index (χ1) is 13.4. The molecule has 3 rings (SSSR count). The van der Waals surface area contributed by atoms with Gasteiger partial charge in [0.05, 0.1) is 5.69 Å². The molecule has 1 heterocycles. The number of primary amides is 1. The smallest absolute Gasteiger partial charge is 0.251 e. The molecule has 0 saturated carbocycles. The molecule has 3 N–H and O–H groups in total. The Morgan fingerprint density at radius 2 is 2.07 bits per heavy atom. The van der Waals surface area contributed by atoms with Crippen LogP contribution in [-0.2, 0) is 11.3 Å². The van der Waals surface area contributed by atoms with E-state index in [-0.39, 0.29) is 18.5 Å². The second-order valence-corrected chi connectivity index (χ2v) is 7.47. The summed E-state index contributed by atoms with van der Waals surface area (Å²) in [5.41, 5.74) is 10.7. The number of aryl methyl sites for hydroxylation is 1. The van der Waals surface area contributed by atoms with Crippen molar-refractivity contribution in [1.82, 2.24) is 15.1 Å². The highest BCUT2D eigenvalue weighted by atomic mass is 16.2. The zero-order valence-electron chi connectivity index (χ0n) is 16.8. The van der Waals surface area contributed by atoms with Crippen molar-refractivity contribution in [3.05, 3.63) is 52.9 Å². The van der Waals surface area contributed by atoms with Gasteiger partial charge in [-0.15, -0.1) is 0 Å². The van der Waals surface area contributed by atoms with E-state index in [4.69, 9.17) is 5.73 Å². The molecule has 0 fully saturated rings. The first-order valence-corrected chi connectivity index (χ1v) is 9.79. The lowest BCUT2D eigenvalue weighted by molar-refractivity contribution is -0.118. The SMILES string of the molecule is Cc1nn(CC(N)=O)c(C)c1-c1cccc(C(=O)N[C@@H](C)C2=CCCCC2)c1. The normalized spacial score (nSPS) is 15.0. The van der Waals surface area contributed by atoms with Crippen LogP contribution < -0.4 is 11.1 Å². The topological polar surface area (TPSA) is 90.0 Å². The standard InChI is InChI=1S/C22H28N4O2/c1-14(17-8-5-4-6-9-17)24-22(28)19-11-7-10-18(12-19)21-15(2)25-26(16(21)3)13-20(23)27/h7-8,10-12,14H,4-6,9,13H2,1-3H3,(H2,23,27)(H,24,28)/t14-/m0/s1. The maximum atomic E-state index is 12.8. The minimum Gasteiger partial charge on any atom is -0.368 e. The van der Waals surface area contributed by atoms with Crippen molar-refractivity contribution in [3.63, 3.8) is 0 Å². The lowest BCUT2D eigenvalue weighted by atomic mass is 9.94. The molecule has 1 aliphatic rings. The van der Waals surface area contributed by atoms with Gasteiger partial charge < -0.3 is 11.1 Å². The van der Waals surface area contributed by atoms with Gasteiger partial charge in [-0.3, -0.25) is 14.3 Å². The van der Waals surface area contributed by atoms with Gasteiger partial charge in [0.25, 0.3) is 5.91 Å². The van der Waals surface area contributed by atoms with Gasteiger partial charge in [0.1, 0.15) is 6.54 Å². The summed E-state index contributed by atoms with van der Waals surface area (Å²) in [6.07, 6.45) is 6.83. The van der Waals surface area contributed by atoms with Gasteiger partial charge >= 0.3 is 0 Å². The van der Waals surface area contributed by atoms with Crippen LogP contribution in [0, 0.1) is 13.8 Å². The van der Waals surface area contributed by atoms with E-state index in [1.54, 1.807) is 4.68 Å². The van der Waals surface area contributed by atoms with Gasteiger partial charge in [-0.1, -0.05) is 23.8 Å².